The molecule has 0 amide bonds. The van der Waals surface area contributed by atoms with E-state index in [2.05, 4.69) is 28.2 Å². The molecule has 2 nitrogen and oxygen atoms in total. The Bertz CT molecular complexity index is 239. The molecule has 1 aromatic heterocycles. The molecule has 50 valence electrons. The molecular weight excluding hydrogens is 124 g/mol. The van der Waals surface area contributed by atoms with Crippen molar-refractivity contribution in [2.24, 2.45) is 0 Å². The Labute approximate surface area is 59.8 Å². The molecule has 1 aromatic rings. The first kappa shape index (κ1) is 5.47. The Morgan fingerprint density at radius 1 is 1.40 bits per heavy atom. The van der Waals surface area contributed by atoms with Gasteiger partial charge in [-0.15, -0.1) is 0 Å². The lowest BCUT2D eigenvalue weighted by atomic mass is 10.4. The molecule has 0 radical (unpaired) electrons. The zero-order chi connectivity index (χ0) is 6.81. The summed E-state index contributed by atoms with van der Waals surface area (Å²) in [6.07, 6.45) is 6.12. The third-order valence-corrected chi connectivity index (χ3v) is 1.59. The summed E-state index contributed by atoms with van der Waals surface area (Å²) in [5.41, 5.74) is 0. The predicted molar refractivity (Wildman–Crippen MR) is 39.4 cm³/mol. The third kappa shape index (κ3) is 0.778. The Kier molecular flexibility index (Phi) is 1.17. The van der Waals surface area contributed by atoms with Gasteiger partial charge in [0.25, 0.3) is 5.82 Å². The monoisotopic (exact) mass is 133 g/mol. The maximum Gasteiger partial charge on any atom is 0.279 e. The van der Waals surface area contributed by atoms with Gasteiger partial charge < -0.3 is 0 Å². The second-order valence-electron chi connectivity index (χ2n) is 2.28. The molecule has 0 fully saturated rings. The summed E-state index contributed by atoms with van der Waals surface area (Å²) in [7, 11) is 0. The second-order valence-corrected chi connectivity index (χ2v) is 2.28. The molecule has 2 heterocycles. The van der Waals surface area contributed by atoms with E-state index in [1.54, 1.807) is 0 Å². The average molecular weight is 133 g/mol. The zero-order valence-electron chi connectivity index (χ0n) is 5.62. The Morgan fingerprint density at radius 2 is 2.40 bits per heavy atom. The van der Waals surface area contributed by atoms with E-state index >= 15 is 0 Å². The van der Waals surface area contributed by atoms with Gasteiger partial charge >= 0.3 is 0 Å². The summed E-state index contributed by atoms with van der Waals surface area (Å²) in [5, 5.41) is 3.14. The number of nitrogens with zero attached hydrogens (tertiary/aromatic N) is 1. The zero-order valence-corrected chi connectivity index (χ0v) is 5.62. The fourth-order valence-corrected chi connectivity index (χ4v) is 1.08. The van der Waals surface area contributed by atoms with Crippen molar-refractivity contribution in [1.82, 2.24) is 0 Å². The minimum Gasteiger partial charge on any atom is -0.248 e. The number of anilines is 1. The minimum atomic E-state index is 0.975. The highest BCUT2D eigenvalue weighted by Crippen LogP contribution is 2.01. The van der Waals surface area contributed by atoms with E-state index in [9.17, 15) is 0 Å². The van der Waals surface area contributed by atoms with Crippen LogP contribution in [0.15, 0.2) is 36.7 Å². The quantitative estimate of drug-likeness (QED) is 0.520. The number of nitrogens with one attached hydrogen (secondary N) is 1. The highest BCUT2D eigenvalue weighted by molar-refractivity contribution is 5.32. The Hall–Kier alpha value is -1.31. The van der Waals surface area contributed by atoms with E-state index in [-0.39, 0.29) is 0 Å². The van der Waals surface area contributed by atoms with Gasteiger partial charge in [0.05, 0.1) is 12.4 Å². The summed E-state index contributed by atoms with van der Waals surface area (Å²) < 4.78 is 2.15. The van der Waals surface area contributed by atoms with Gasteiger partial charge in [-0.25, -0.2) is 9.88 Å². The van der Waals surface area contributed by atoms with Gasteiger partial charge in [-0.3, -0.25) is 0 Å². The van der Waals surface area contributed by atoms with Crippen molar-refractivity contribution in [3.63, 3.8) is 0 Å². The third-order valence-electron chi connectivity index (χ3n) is 1.59. The van der Waals surface area contributed by atoms with Gasteiger partial charge in [-0.2, -0.15) is 0 Å². The number of allylic oxidation sites excluding steroid dienone is 1. The first-order valence-corrected chi connectivity index (χ1v) is 3.37. The number of fused-ring (bicyclic) bond motifs is 1. The van der Waals surface area contributed by atoms with Crippen LogP contribution < -0.4 is 9.88 Å². The lowest BCUT2D eigenvalue weighted by Gasteiger charge is -2.04. The standard InChI is InChI=1S/C8H8N2/c1-2-6-10-7-3-5-9-8(10)4-1/h1-6H,7H2/p+1. The molecule has 2 heteroatoms. The van der Waals surface area contributed by atoms with Gasteiger partial charge in [-0.05, 0) is 12.1 Å². The van der Waals surface area contributed by atoms with Crippen molar-refractivity contribution >= 4 is 5.82 Å². The summed E-state index contributed by atoms with van der Waals surface area (Å²) >= 11 is 0. The SMILES string of the molecule is C1=CNc2cccc[n+]2C1. The molecule has 10 heavy (non-hydrogen) atoms. The van der Waals surface area contributed by atoms with Crippen LogP contribution in [0.25, 0.3) is 0 Å². The molecule has 2 rings (SSSR count). The molecular formula is C8H9N2+. The maximum absolute atomic E-state index is 3.14. The van der Waals surface area contributed by atoms with Crippen LogP contribution in [-0.4, -0.2) is 0 Å². The van der Waals surface area contributed by atoms with Crippen LogP contribution >= 0.6 is 0 Å². The van der Waals surface area contributed by atoms with Crippen LogP contribution in [0, 0.1) is 0 Å². The molecule has 0 saturated heterocycles. The summed E-state index contributed by atoms with van der Waals surface area (Å²) in [6.45, 7) is 0.975. The molecule has 1 aliphatic heterocycles. The fourth-order valence-electron chi connectivity index (χ4n) is 1.08. The van der Waals surface area contributed by atoms with Crippen molar-refractivity contribution in [1.29, 1.82) is 0 Å². The number of rotatable bonds is 0. The lowest BCUT2D eigenvalue weighted by Crippen LogP contribution is -2.37. The predicted octanol–water partition coefficient (Wildman–Crippen LogP) is 0.913. The molecule has 0 atom stereocenters. The van der Waals surface area contributed by atoms with Gasteiger partial charge in [0.1, 0.15) is 6.54 Å². The first-order valence-electron chi connectivity index (χ1n) is 3.37. The van der Waals surface area contributed by atoms with Crippen molar-refractivity contribution in [2.75, 3.05) is 5.32 Å². The molecule has 0 saturated carbocycles. The van der Waals surface area contributed by atoms with Crippen LogP contribution in [0.1, 0.15) is 0 Å². The number of pyridine rings is 1. The highest BCUT2D eigenvalue weighted by Gasteiger charge is 2.06. The van der Waals surface area contributed by atoms with Gasteiger partial charge in [0, 0.05) is 6.07 Å². The van der Waals surface area contributed by atoms with Gasteiger partial charge in [0.2, 0.25) is 0 Å². The minimum absolute atomic E-state index is 0.975. The van der Waals surface area contributed by atoms with Crippen molar-refractivity contribution in [2.45, 2.75) is 6.54 Å². The van der Waals surface area contributed by atoms with Crippen LogP contribution in [0.5, 0.6) is 0 Å². The summed E-state index contributed by atoms with van der Waals surface area (Å²) in [6, 6.07) is 6.12. The highest BCUT2D eigenvalue weighted by atomic mass is 15.1. The topological polar surface area (TPSA) is 15.9 Å². The molecule has 1 N–H and O–H groups in total. The Morgan fingerprint density at radius 3 is 3.30 bits per heavy atom. The molecule has 0 unspecified atom stereocenters. The van der Waals surface area contributed by atoms with Crippen molar-refractivity contribution in [3.05, 3.63) is 36.7 Å². The largest absolute Gasteiger partial charge is 0.279 e. The van der Waals surface area contributed by atoms with Crippen LogP contribution in [0.3, 0.4) is 0 Å². The fraction of sp³-hybridized carbons (Fsp3) is 0.125. The van der Waals surface area contributed by atoms with Crippen LogP contribution in [0.2, 0.25) is 0 Å². The summed E-state index contributed by atoms with van der Waals surface area (Å²) in [5.74, 6) is 1.16. The molecule has 0 aromatic carbocycles. The number of hydrogen-bond acceptors (Lipinski definition) is 1. The molecule has 1 aliphatic rings. The van der Waals surface area contributed by atoms with E-state index in [1.807, 2.05) is 18.3 Å². The maximum atomic E-state index is 3.14. The number of aromatic nitrogens is 1. The Balaban J connectivity index is 2.47. The van der Waals surface area contributed by atoms with E-state index in [1.165, 1.54) is 0 Å². The van der Waals surface area contributed by atoms with Crippen LogP contribution in [0.4, 0.5) is 5.82 Å². The first-order chi connectivity index (χ1) is 4.97. The van der Waals surface area contributed by atoms with E-state index in [4.69, 9.17) is 0 Å². The van der Waals surface area contributed by atoms with E-state index in [0.717, 1.165) is 12.4 Å². The van der Waals surface area contributed by atoms with E-state index < -0.39 is 0 Å². The van der Waals surface area contributed by atoms with Crippen molar-refractivity contribution < 1.29 is 4.57 Å². The summed E-state index contributed by atoms with van der Waals surface area (Å²) in [4.78, 5) is 0. The number of hydrogen-bond donors (Lipinski definition) is 1. The average Bonchev–Trinajstić information content (AvgIpc) is 2.05. The lowest BCUT2D eigenvalue weighted by molar-refractivity contribution is -0.674. The van der Waals surface area contributed by atoms with E-state index in [0.29, 0.717) is 0 Å². The van der Waals surface area contributed by atoms with Gasteiger partial charge in [0.15, 0.2) is 0 Å². The van der Waals surface area contributed by atoms with Crippen LogP contribution in [-0.2, 0) is 6.54 Å². The normalized spacial score (nSPS) is 14.0. The molecule has 0 spiro atoms. The molecule has 0 aliphatic carbocycles. The van der Waals surface area contributed by atoms with Crippen molar-refractivity contribution in [3.8, 4) is 0 Å². The molecule has 0 bridgehead atoms. The second kappa shape index (κ2) is 2.14. The van der Waals surface area contributed by atoms with Gasteiger partial charge in [-0.1, -0.05) is 6.07 Å². The smallest absolute Gasteiger partial charge is 0.248 e.